The molecule has 10 nitrogen and oxygen atoms in total. The zero-order chi connectivity index (χ0) is 26.2. The van der Waals surface area contributed by atoms with Crippen molar-refractivity contribution in [2.75, 3.05) is 18.7 Å². The van der Waals surface area contributed by atoms with Crippen molar-refractivity contribution < 1.29 is 28.6 Å². The molecule has 0 spiro atoms. The molecular weight excluding hydrogens is 568 g/mol. The van der Waals surface area contributed by atoms with Gasteiger partial charge in [-0.25, -0.2) is 5.43 Å². The van der Waals surface area contributed by atoms with Gasteiger partial charge in [0.25, 0.3) is 5.91 Å². The van der Waals surface area contributed by atoms with E-state index in [0.717, 1.165) is 10.0 Å². The minimum absolute atomic E-state index is 0.119. The monoisotopic (exact) mass is 586 g/mol. The number of nitrogens with one attached hydrogen (secondary N) is 3. The molecule has 190 valence electrons. The van der Waals surface area contributed by atoms with Crippen LogP contribution in [0.25, 0.3) is 0 Å². The fraction of sp³-hybridized carbons (Fsp3) is 0.120. The molecular formula is C25H20BrClN4O6. The number of hydrazone groups is 1. The molecule has 0 saturated heterocycles. The van der Waals surface area contributed by atoms with Crippen LogP contribution < -0.4 is 30.3 Å². The van der Waals surface area contributed by atoms with Crippen molar-refractivity contribution in [1.82, 2.24) is 10.7 Å². The van der Waals surface area contributed by atoms with Gasteiger partial charge < -0.3 is 24.8 Å². The highest BCUT2D eigenvalue weighted by Gasteiger charge is 2.16. The summed E-state index contributed by atoms with van der Waals surface area (Å²) in [6, 6.07) is 16.9. The van der Waals surface area contributed by atoms with Crippen molar-refractivity contribution in [3.8, 4) is 17.2 Å². The third-order valence-corrected chi connectivity index (χ3v) is 5.67. The summed E-state index contributed by atoms with van der Waals surface area (Å²) in [6.45, 7) is 0.000926. The number of rotatable bonds is 8. The number of hydrogen-bond acceptors (Lipinski definition) is 7. The highest BCUT2D eigenvalue weighted by atomic mass is 79.9. The van der Waals surface area contributed by atoms with E-state index in [0.29, 0.717) is 33.5 Å². The topological polar surface area (TPSA) is 127 Å². The quantitative estimate of drug-likeness (QED) is 0.210. The molecule has 0 aliphatic carbocycles. The van der Waals surface area contributed by atoms with Crippen LogP contribution in [-0.2, 0) is 20.9 Å². The van der Waals surface area contributed by atoms with E-state index >= 15 is 0 Å². The predicted molar refractivity (Wildman–Crippen MR) is 140 cm³/mol. The molecule has 3 aromatic carbocycles. The Bertz CT molecular complexity index is 1350. The van der Waals surface area contributed by atoms with E-state index in [9.17, 15) is 14.4 Å². The summed E-state index contributed by atoms with van der Waals surface area (Å²) in [4.78, 5) is 36.5. The second kappa shape index (κ2) is 12.2. The van der Waals surface area contributed by atoms with Gasteiger partial charge in [0.2, 0.25) is 6.79 Å². The molecule has 0 bridgehead atoms. The molecule has 3 aromatic rings. The van der Waals surface area contributed by atoms with Crippen molar-refractivity contribution >= 4 is 57.2 Å². The highest BCUT2D eigenvalue weighted by Crippen LogP contribution is 2.32. The number of nitrogens with zero attached hydrogens (tertiary/aromatic N) is 1. The van der Waals surface area contributed by atoms with Crippen LogP contribution in [0.4, 0.5) is 5.69 Å². The Kier molecular flexibility index (Phi) is 8.60. The number of amides is 3. The van der Waals surface area contributed by atoms with Gasteiger partial charge in [0, 0.05) is 27.3 Å². The zero-order valence-corrected chi connectivity index (χ0v) is 21.5. The first-order valence-electron chi connectivity index (χ1n) is 10.8. The Labute approximate surface area is 225 Å². The van der Waals surface area contributed by atoms with Gasteiger partial charge in [-0.1, -0.05) is 33.6 Å². The van der Waals surface area contributed by atoms with Gasteiger partial charge in [-0.15, -0.1) is 0 Å². The molecule has 4 rings (SSSR count). The Morgan fingerprint density at radius 3 is 2.59 bits per heavy atom. The summed E-state index contributed by atoms with van der Waals surface area (Å²) in [5, 5.41) is 9.60. The molecule has 0 atom stereocenters. The molecule has 12 heteroatoms. The first kappa shape index (κ1) is 26.0. The van der Waals surface area contributed by atoms with E-state index in [1.807, 2.05) is 0 Å². The smallest absolute Gasteiger partial charge is 0.329 e. The third-order valence-electron chi connectivity index (χ3n) is 4.92. The maximum absolute atomic E-state index is 12.2. The van der Waals surface area contributed by atoms with Crippen LogP contribution in [0.5, 0.6) is 17.2 Å². The van der Waals surface area contributed by atoms with E-state index in [1.165, 1.54) is 6.21 Å². The van der Waals surface area contributed by atoms with Crippen LogP contribution in [0.3, 0.4) is 0 Å². The molecule has 1 aliphatic heterocycles. The summed E-state index contributed by atoms with van der Waals surface area (Å²) in [7, 11) is 0. The van der Waals surface area contributed by atoms with Gasteiger partial charge in [-0.05, 0) is 60.2 Å². The standard InChI is InChI=1S/C25H20BrClN4O6/c26-17-2-8-20(35-13-23(32)30-19-5-3-18(27)4-6-19)16(10-17)12-29-31-25(34)24(33)28-11-15-1-7-21-22(9-15)37-14-36-21/h1-10,12H,11,13-14H2,(H,28,33)(H,30,32)(H,31,34)/b29-12-. The average Bonchev–Trinajstić information content (AvgIpc) is 3.36. The van der Waals surface area contributed by atoms with Gasteiger partial charge in [-0.2, -0.15) is 5.10 Å². The first-order chi connectivity index (χ1) is 17.9. The number of benzene rings is 3. The number of fused-ring (bicyclic) bond motifs is 1. The van der Waals surface area contributed by atoms with E-state index < -0.39 is 11.8 Å². The summed E-state index contributed by atoms with van der Waals surface area (Å²) in [5.41, 5.74) is 3.96. The normalized spacial score (nSPS) is 11.7. The number of ether oxygens (including phenoxy) is 3. The van der Waals surface area contributed by atoms with Crippen LogP contribution in [0, 0.1) is 0 Å². The lowest BCUT2D eigenvalue weighted by atomic mass is 10.2. The molecule has 0 aromatic heterocycles. The number of halogens is 2. The van der Waals surface area contributed by atoms with Crippen molar-refractivity contribution in [3.05, 3.63) is 81.3 Å². The molecule has 3 amide bonds. The van der Waals surface area contributed by atoms with E-state index in [1.54, 1.807) is 60.7 Å². The SMILES string of the molecule is O=C(COc1ccc(Br)cc1/C=N\NC(=O)C(=O)NCc1ccc2c(c1)OCO2)Nc1ccc(Cl)cc1. The molecule has 0 unspecified atom stereocenters. The van der Waals surface area contributed by atoms with Crippen molar-refractivity contribution in [2.45, 2.75) is 6.54 Å². The predicted octanol–water partition coefficient (Wildman–Crippen LogP) is 3.62. The van der Waals surface area contributed by atoms with Gasteiger partial charge >= 0.3 is 11.8 Å². The second-order valence-corrected chi connectivity index (χ2v) is 8.95. The molecule has 0 saturated carbocycles. The van der Waals surface area contributed by atoms with E-state index in [-0.39, 0.29) is 25.9 Å². The molecule has 0 fully saturated rings. The summed E-state index contributed by atoms with van der Waals surface area (Å²) >= 11 is 9.20. The number of hydrogen-bond donors (Lipinski definition) is 3. The van der Waals surface area contributed by atoms with Crippen molar-refractivity contribution in [3.63, 3.8) is 0 Å². The molecule has 3 N–H and O–H groups in total. The lowest BCUT2D eigenvalue weighted by molar-refractivity contribution is -0.139. The van der Waals surface area contributed by atoms with Gasteiger partial charge in [0.15, 0.2) is 18.1 Å². The van der Waals surface area contributed by atoms with Crippen LogP contribution in [-0.4, -0.2) is 37.3 Å². The summed E-state index contributed by atoms with van der Waals surface area (Å²) < 4.78 is 16.9. The van der Waals surface area contributed by atoms with Crippen LogP contribution in [0.1, 0.15) is 11.1 Å². The Morgan fingerprint density at radius 1 is 1.00 bits per heavy atom. The fourth-order valence-corrected chi connectivity index (χ4v) is 3.65. The van der Waals surface area contributed by atoms with Gasteiger partial charge in [0.05, 0.1) is 6.21 Å². The number of carbonyl (C=O) groups is 3. The van der Waals surface area contributed by atoms with Gasteiger partial charge in [-0.3, -0.25) is 14.4 Å². The van der Waals surface area contributed by atoms with E-state index in [2.05, 4.69) is 37.1 Å². The van der Waals surface area contributed by atoms with Crippen LogP contribution in [0.2, 0.25) is 5.02 Å². The molecule has 1 aliphatic rings. The summed E-state index contributed by atoms with van der Waals surface area (Å²) in [6.07, 6.45) is 1.31. The number of anilines is 1. The van der Waals surface area contributed by atoms with Crippen molar-refractivity contribution in [1.29, 1.82) is 0 Å². The second-order valence-electron chi connectivity index (χ2n) is 7.60. The maximum atomic E-state index is 12.2. The maximum Gasteiger partial charge on any atom is 0.329 e. The largest absolute Gasteiger partial charge is 0.483 e. The lowest BCUT2D eigenvalue weighted by Gasteiger charge is -2.10. The molecule has 0 radical (unpaired) electrons. The minimum atomic E-state index is -0.947. The molecule has 37 heavy (non-hydrogen) atoms. The minimum Gasteiger partial charge on any atom is -0.483 e. The van der Waals surface area contributed by atoms with Crippen molar-refractivity contribution in [2.24, 2.45) is 5.10 Å². The van der Waals surface area contributed by atoms with Crippen LogP contribution in [0.15, 0.2) is 70.2 Å². The lowest BCUT2D eigenvalue weighted by Crippen LogP contribution is -2.37. The summed E-state index contributed by atoms with van der Waals surface area (Å²) in [5.74, 6) is -0.632. The van der Waals surface area contributed by atoms with Gasteiger partial charge in [0.1, 0.15) is 5.75 Å². The number of carbonyl (C=O) groups excluding carboxylic acids is 3. The molecule has 1 heterocycles. The Morgan fingerprint density at radius 2 is 1.78 bits per heavy atom. The van der Waals surface area contributed by atoms with Crippen LogP contribution >= 0.6 is 27.5 Å². The highest BCUT2D eigenvalue weighted by molar-refractivity contribution is 9.10. The Hall–Kier alpha value is -4.09. The van der Waals surface area contributed by atoms with E-state index in [4.69, 9.17) is 25.8 Å². The first-order valence-corrected chi connectivity index (χ1v) is 12.0. The Balaban J connectivity index is 1.28. The zero-order valence-electron chi connectivity index (χ0n) is 19.1. The fourth-order valence-electron chi connectivity index (χ4n) is 3.15. The third kappa shape index (κ3) is 7.45. The average molecular weight is 588 g/mol.